The van der Waals surface area contributed by atoms with E-state index >= 15 is 0 Å². The number of aromatic nitrogens is 2. The summed E-state index contributed by atoms with van der Waals surface area (Å²) in [5.41, 5.74) is 6.62. The number of rotatable bonds is 6. The maximum Gasteiger partial charge on any atom is 0.243 e. The maximum atomic E-state index is 13.0. The lowest BCUT2D eigenvalue weighted by atomic mass is 10.0. The van der Waals surface area contributed by atoms with Crippen molar-refractivity contribution in [3.05, 3.63) is 82.8 Å². The van der Waals surface area contributed by atoms with Gasteiger partial charge >= 0.3 is 0 Å². The molecule has 1 fully saturated rings. The highest BCUT2D eigenvalue weighted by molar-refractivity contribution is 7.89. The van der Waals surface area contributed by atoms with Crippen molar-refractivity contribution in [1.82, 2.24) is 14.3 Å². The van der Waals surface area contributed by atoms with Gasteiger partial charge in [0.2, 0.25) is 10.0 Å². The largest absolute Gasteiger partial charge is 0.361 e. The number of benzene rings is 2. The van der Waals surface area contributed by atoms with Crippen molar-refractivity contribution >= 4 is 44.5 Å². The van der Waals surface area contributed by atoms with Crippen LogP contribution < -0.4 is 5.32 Å². The molecule has 188 valence electrons. The molecule has 1 aliphatic heterocycles. The molecule has 0 aliphatic carbocycles. The number of nitriles is 1. The second-order valence-electron chi connectivity index (χ2n) is 9.33. The Labute approximate surface area is 217 Å². The maximum absolute atomic E-state index is 13.0. The van der Waals surface area contributed by atoms with Crippen LogP contribution in [0.5, 0.6) is 0 Å². The second-order valence-corrected chi connectivity index (χ2v) is 11.3. The van der Waals surface area contributed by atoms with Crippen LogP contribution in [0.15, 0.2) is 59.8 Å². The molecule has 3 heterocycles. The number of aromatic amines is 1. The second kappa shape index (κ2) is 10.2. The molecule has 8 heteroatoms. The topological polar surface area (TPSA) is 102 Å². The van der Waals surface area contributed by atoms with E-state index in [4.69, 9.17) is 0 Å². The van der Waals surface area contributed by atoms with E-state index in [0.29, 0.717) is 29.2 Å². The summed E-state index contributed by atoms with van der Waals surface area (Å²) in [6.45, 7) is 5.12. The van der Waals surface area contributed by atoms with Gasteiger partial charge in [-0.2, -0.15) is 9.57 Å². The number of aryl methyl sites for hydroxylation is 2. The number of hydrogen-bond donors (Lipinski definition) is 2. The minimum Gasteiger partial charge on any atom is -0.361 e. The number of piperidine rings is 1. The number of fused-ring (bicyclic) bond motifs is 1. The molecule has 37 heavy (non-hydrogen) atoms. The Morgan fingerprint density at radius 3 is 2.51 bits per heavy atom. The Kier molecular flexibility index (Phi) is 6.83. The molecule has 0 atom stereocenters. The summed E-state index contributed by atoms with van der Waals surface area (Å²) in [6.07, 6.45) is 10.2. The van der Waals surface area contributed by atoms with E-state index in [0.717, 1.165) is 58.2 Å². The zero-order valence-corrected chi connectivity index (χ0v) is 21.8. The van der Waals surface area contributed by atoms with Gasteiger partial charge in [0.25, 0.3) is 0 Å². The van der Waals surface area contributed by atoms with Gasteiger partial charge in [0, 0.05) is 53.3 Å². The first kappa shape index (κ1) is 24.8. The third kappa shape index (κ3) is 4.88. The van der Waals surface area contributed by atoms with Gasteiger partial charge in [-0.3, -0.25) is 4.98 Å². The van der Waals surface area contributed by atoms with E-state index in [1.54, 1.807) is 34.8 Å². The number of nitrogens with zero attached hydrogens (tertiary/aromatic N) is 3. The van der Waals surface area contributed by atoms with Crippen LogP contribution in [0.2, 0.25) is 0 Å². The Hall–Kier alpha value is -3.93. The summed E-state index contributed by atoms with van der Waals surface area (Å²) >= 11 is 0. The fraction of sp³-hybridized carbons (Fsp3) is 0.241. The fourth-order valence-corrected chi connectivity index (χ4v) is 6.30. The van der Waals surface area contributed by atoms with Crippen molar-refractivity contribution < 1.29 is 8.42 Å². The number of sulfonamides is 1. The highest BCUT2D eigenvalue weighted by Gasteiger charge is 2.25. The molecule has 4 aromatic rings. The van der Waals surface area contributed by atoms with Gasteiger partial charge in [0.15, 0.2) is 0 Å². The van der Waals surface area contributed by atoms with E-state index in [1.165, 1.54) is 0 Å². The van der Waals surface area contributed by atoms with Gasteiger partial charge in [-0.15, -0.1) is 0 Å². The fourth-order valence-electron chi connectivity index (χ4n) is 4.78. The van der Waals surface area contributed by atoms with Crippen molar-refractivity contribution in [3.63, 3.8) is 0 Å². The monoisotopic (exact) mass is 511 g/mol. The predicted molar refractivity (Wildman–Crippen MR) is 148 cm³/mol. The molecule has 0 bridgehead atoms. The van der Waals surface area contributed by atoms with Crippen LogP contribution in [0.4, 0.5) is 11.4 Å². The number of anilines is 2. The van der Waals surface area contributed by atoms with Gasteiger partial charge in [-0.05, 0) is 68.1 Å². The standard InChI is InChI=1S/C29H29N5O2S/c1-20-25-14-15-31-28(25)13-12-27(20)33-29-23(18-30)19-32-21(2)26(29)11-8-22-6-9-24(10-7-22)37(35,36)34-16-4-3-5-17-34/h6-15,19,31H,3-5,16-17H2,1-2H3,(H,32,33). The van der Waals surface area contributed by atoms with Gasteiger partial charge in [-0.25, -0.2) is 8.42 Å². The van der Waals surface area contributed by atoms with Crippen LogP contribution in [-0.2, 0) is 10.0 Å². The van der Waals surface area contributed by atoms with Crippen LogP contribution >= 0.6 is 0 Å². The highest BCUT2D eigenvalue weighted by Crippen LogP contribution is 2.32. The molecule has 2 N–H and O–H groups in total. The lowest BCUT2D eigenvalue weighted by molar-refractivity contribution is 0.346. The Morgan fingerprint density at radius 2 is 1.78 bits per heavy atom. The van der Waals surface area contributed by atoms with E-state index in [9.17, 15) is 13.7 Å². The summed E-state index contributed by atoms with van der Waals surface area (Å²) in [5, 5.41) is 14.4. The number of H-pyrrole nitrogens is 1. The van der Waals surface area contributed by atoms with Crippen LogP contribution in [0.25, 0.3) is 23.1 Å². The molecule has 1 aliphatic rings. The number of hydrogen-bond acceptors (Lipinski definition) is 5. The van der Waals surface area contributed by atoms with E-state index in [2.05, 4.69) is 21.4 Å². The van der Waals surface area contributed by atoms with Crippen LogP contribution in [-0.4, -0.2) is 35.8 Å². The van der Waals surface area contributed by atoms with Gasteiger partial charge in [0.05, 0.1) is 16.1 Å². The lowest BCUT2D eigenvalue weighted by Crippen LogP contribution is -2.35. The zero-order chi connectivity index (χ0) is 26.0. The zero-order valence-electron chi connectivity index (χ0n) is 21.0. The minimum absolute atomic E-state index is 0.314. The first-order valence-corrected chi connectivity index (χ1v) is 13.8. The van der Waals surface area contributed by atoms with Crippen LogP contribution in [0.1, 0.15) is 47.2 Å². The van der Waals surface area contributed by atoms with E-state index in [-0.39, 0.29) is 0 Å². The molecule has 0 amide bonds. The SMILES string of the molecule is Cc1ncc(C#N)c(Nc2ccc3[nH]ccc3c2C)c1C=Cc1ccc(S(=O)(=O)N2CCCCC2)cc1. The van der Waals surface area contributed by atoms with Crippen LogP contribution in [0.3, 0.4) is 0 Å². The Balaban J connectivity index is 1.45. The average Bonchev–Trinajstić information content (AvgIpc) is 3.41. The predicted octanol–water partition coefficient (Wildman–Crippen LogP) is 6.14. The molecule has 7 nitrogen and oxygen atoms in total. The Bertz CT molecular complexity index is 1620. The molecule has 2 aromatic heterocycles. The molecular formula is C29H29N5O2S. The Morgan fingerprint density at radius 1 is 1.03 bits per heavy atom. The molecule has 2 aromatic carbocycles. The normalized spacial score (nSPS) is 14.7. The molecule has 1 saturated heterocycles. The van der Waals surface area contributed by atoms with Gasteiger partial charge in [-0.1, -0.05) is 30.7 Å². The van der Waals surface area contributed by atoms with Gasteiger partial charge < -0.3 is 10.3 Å². The summed E-state index contributed by atoms with van der Waals surface area (Å²) in [4.78, 5) is 7.96. The smallest absolute Gasteiger partial charge is 0.243 e. The van der Waals surface area contributed by atoms with Crippen molar-refractivity contribution in [2.75, 3.05) is 18.4 Å². The van der Waals surface area contributed by atoms with E-state index < -0.39 is 10.0 Å². The van der Waals surface area contributed by atoms with Crippen molar-refractivity contribution in [3.8, 4) is 6.07 Å². The summed E-state index contributed by atoms with van der Waals surface area (Å²) in [7, 11) is -3.47. The summed E-state index contributed by atoms with van der Waals surface area (Å²) < 4.78 is 27.5. The van der Waals surface area contributed by atoms with Crippen molar-refractivity contribution in [1.29, 1.82) is 5.26 Å². The highest BCUT2D eigenvalue weighted by atomic mass is 32.2. The minimum atomic E-state index is -3.47. The molecule has 0 radical (unpaired) electrons. The molecule has 5 rings (SSSR count). The van der Waals surface area contributed by atoms with Crippen molar-refractivity contribution in [2.45, 2.75) is 38.0 Å². The third-order valence-electron chi connectivity index (χ3n) is 6.97. The summed E-state index contributed by atoms with van der Waals surface area (Å²) in [6, 6.07) is 15.2. The van der Waals surface area contributed by atoms with E-state index in [1.807, 2.05) is 50.4 Å². The quantitative estimate of drug-likeness (QED) is 0.324. The summed E-state index contributed by atoms with van der Waals surface area (Å²) in [5.74, 6) is 0. The molecule has 0 unspecified atom stereocenters. The lowest BCUT2D eigenvalue weighted by Gasteiger charge is -2.25. The number of pyridine rings is 1. The average molecular weight is 512 g/mol. The number of nitrogens with one attached hydrogen (secondary N) is 2. The molecule has 0 saturated carbocycles. The van der Waals surface area contributed by atoms with Gasteiger partial charge in [0.1, 0.15) is 6.07 Å². The first-order valence-electron chi connectivity index (χ1n) is 12.4. The third-order valence-corrected chi connectivity index (χ3v) is 8.89. The van der Waals surface area contributed by atoms with Crippen molar-refractivity contribution in [2.24, 2.45) is 0 Å². The molecule has 0 spiro atoms. The molecular weight excluding hydrogens is 482 g/mol. The van der Waals surface area contributed by atoms with Crippen LogP contribution in [0, 0.1) is 25.2 Å². The first-order chi connectivity index (χ1) is 17.9.